The topological polar surface area (TPSA) is 93.3 Å². The molecule has 1 aromatic heterocycles. The van der Waals surface area contributed by atoms with Crippen molar-refractivity contribution in [1.82, 2.24) is 4.98 Å². The van der Waals surface area contributed by atoms with E-state index in [2.05, 4.69) is 10.7 Å². The standard InChI is InChI=1S/C5H5N.CH5N.CH4O3S/c1-2-4-6-5-3-1;1-2;1-5(2,3)4/h1-5H;2H2,1H3;1H3,(H,2,3,4). The van der Waals surface area contributed by atoms with Gasteiger partial charge in [0.25, 0.3) is 10.1 Å². The van der Waals surface area contributed by atoms with Crippen molar-refractivity contribution in [2.24, 2.45) is 5.73 Å². The van der Waals surface area contributed by atoms with E-state index in [4.69, 9.17) is 4.55 Å². The van der Waals surface area contributed by atoms with Gasteiger partial charge in [-0.05, 0) is 19.2 Å². The first kappa shape index (κ1) is 14.5. The maximum Gasteiger partial charge on any atom is 0.261 e. The summed E-state index contributed by atoms with van der Waals surface area (Å²) >= 11 is 0. The van der Waals surface area contributed by atoms with Gasteiger partial charge < -0.3 is 5.73 Å². The van der Waals surface area contributed by atoms with Crippen LogP contribution in [-0.2, 0) is 10.1 Å². The summed E-state index contributed by atoms with van der Waals surface area (Å²) in [5.41, 5.74) is 4.50. The van der Waals surface area contributed by atoms with Gasteiger partial charge in [0.15, 0.2) is 0 Å². The van der Waals surface area contributed by atoms with E-state index in [9.17, 15) is 8.42 Å². The van der Waals surface area contributed by atoms with Gasteiger partial charge in [-0.25, -0.2) is 0 Å². The fourth-order valence-electron chi connectivity index (χ4n) is 0.313. The van der Waals surface area contributed by atoms with Crippen molar-refractivity contribution in [3.63, 3.8) is 0 Å². The van der Waals surface area contributed by atoms with Gasteiger partial charge in [-0.15, -0.1) is 0 Å². The summed E-state index contributed by atoms with van der Waals surface area (Å²) in [6.45, 7) is 0. The maximum absolute atomic E-state index is 9.19. The molecule has 0 saturated carbocycles. The molecule has 0 amide bonds. The van der Waals surface area contributed by atoms with Crippen LogP contribution in [0.5, 0.6) is 0 Å². The smallest absolute Gasteiger partial charge is 0.261 e. The summed E-state index contributed by atoms with van der Waals surface area (Å²) in [7, 11) is -2.17. The zero-order valence-electron chi connectivity index (χ0n) is 7.58. The van der Waals surface area contributed by atoms with Gasteiger partial charge in [-0.2, -0.15) is 8.42 Å². The summed E-state index contributed by atoms with van der Waals surface area (Å²) in [6.07, 6.45) is 4.22. The Bertz CT molecular complexity index is 238. The van der Waals surface area contributed by atoms with Crippen LogP contribution in [0, 0.1) is 0 Å². The second-order valence-corrected chi connectivity index (χ2v) is 3.22. The molecule has 0 atom stereocenters. The van der Waals surface area contributed by atoms with Crippen LogP contribution >= 0.6 is 0 Å². The third kappa shape index (κ3) is 35.6. The maximum atomic E-state index is 9.19. The molecule has 0 aliphatic heterocycles. The van der Waals surface area contributed by atoms with Gasteiger partial charge in [-0.3, -0.25) is 9.54 Å². The quantitative estimate of drug-likeness (QED) is 0.590. The third-order valence-corrected chi connectivity index (χ3v) is 0.566. The van der Waals surface area contributed by atoms with Crippen LogP contribution in [0.15, 0.2) is 30.6 Å². The molecule has 1 heterocycles. The van der Waals surface area contributed by atoms with E-state index in [0.29, 0.717) is 6.26 Å². The number of hydrogen-bond acceptors (Lipinski definition) is 4. The van der Waals surface area contributed by atoms with Crippen LogP contribution in [0.1, 0.15) is 0 Å². The van der Waals surface area contributed by atoms with Crippen molar-refractivity contribution in [1.29, 1.82) is 0 Å². The van der Waals surface area contributed by atoms with E-state index < -0.39 is 10.1 Å². The van der Waals surface area contributed by atoms with E-state index in [0.717, 1.165) is 0 Å². The molecule has 0 radical (unpaired) electrons. The minimum Gasteiger partial charge on any atom is -0.333 e. The van der Waals surface area contributed by atoms with Crippen LogP contribution in [0.2, 0.25) is 0 Å². The van der Waals surface area contributed by atoms with E-state index in [1.807, 2.05) is 18.2 Å². The number of rotatable bonds is 0. The van der Waals surface area contributed by atoms with Crippen molar-refractivity contribution in [2.45, 2.75) is 0 Å². The predicted molar refractivity (Wildman–Crippen MR) is 51.8 cm³/mol. The lowest BCUT2D eigenvalue weighted by Crippen LogP contribution is -1.88. The summed E-state index contributed by atoms with van der Waals surface area (Å²) in [5, 5.41) is 0. The van der Waals surface area contributed by atoms with Crippen molar-refractivity contribution in [2.75, 3.05) is 13.3 Å². The predicted octanol–water partition coefficient (Wildman–Crippen LogP) is 0.161. The van der Waals surface area contributed by atoms with Crippen LogP contribution in [0.4, 0.5) is 0 Å². The molecular formula is C7H14N2O3S. The van der Waals surface area contributed by atoms with Crippen LogP contribution in [-0.4, -0.2) is 31.3 Å². The molecule has 1 aromatic rings. The van der Waals surface area contributed by atoms with Crippen molar-refractivity contribution in [3.05, 3.63) is 30.6 Å². The van der Waals surface area contributed by atoms with Crippen molar-refractivity contribution < 1.29 is 13.0 Å². The Morgan fingerprint density at radius 1 is 1.15 bits per heavy atom. The van der Waals surface area contributed by atoms with Crippen LogP contribution in [0.3, 0.4) is 0 Å². The highest BCUT2D eigenvalue weighted by atomic mass is 32.2. The van der Waals surface area contributed by atoms with Gasteiger partial charge in [0.2, 0.25) is 0 Å². The molecular weight excluding hydrogens is 192 g/mol. The second kappa shape index (κ2) is 9.11. The van der Waals surface area contributed by atoms with Gasteiger partial charge in [0, 0.05) is 12.4 Å². The van der Waals surface area contributed by atoms with Crippen molar-refractivity contribution >= 4 is 10.1 Å². The first-order valence-corrected chi connectivity index (χ1v) is 5.20. The molecule has 5 nitrogen and oxygen atoms in total. The minimum absolute atomic E-state index is 0.715. The molecule has 13 heavy (non-hydrogen) atoms. The lowest BCUT2D eigenvalue weighted by atomic mass is 10.5. The Hall–Kier alpha value is -0.980. The molecule has 0 saturated heterocycles. The van der Waals surface area contributed by atoms with Crippen LogP contribution < -0.4 is 5.73 Å². The zero-order valence-corrected chi connectivity index (χ0v) is 8.40. The lowest BCUT2D eigenvalue weighted by Gasteiger charge is -1.70. The van der Waals surface area contributed by atoms with Crippen LogP contribution in [0.25, 0.3) is 0 Å². The highest BCUT2D eigenvalue weighted by Crippen LogP contribution is 1.73. The highest BCUT2D eigenvalue weighted by Gasteiger charge is 1.81. The molecule has 0 unspecified atom stereocenters. The normalized spacial score (nSPS) is 8.62. The fraction of sp³-hybridized carbons (Fsp3) is 0.286. The van der Waals surface area contributed by atoms with E-state index in [-0.39, 0.29) is 0 Å². The van der Waals surface area contributed by atoms with Gasteiger partial charge in [0.1, 0.15) is 0 Å². The monoisotopic (exact) mass is 206 g/mol. The molecule has 0 fully saturated rings. The molecule has 1 rings (SSSR count). The molecule has 0 bridgehead atoms. The highest BCUT2D eigenvalue weighted by molar-refractivity contribution is 7.85. The number of pyridine rings is 1. The lowest BCUT2D eigenvalue weighted by molar-refractivity contribution is 0.490. The Morgan fingerprint density at radius 2 is 1.46 bits per heavy atom. The average Bonchev–Trinajstić information content (AvgIpc) is 2.08. The SMILES string of the molecule is CN.CS(=O)(=O)O.c1ccncc1. The van der Waals surface area contributed by atoms with Crippen molar-refractivity contribution in [3.8, 4) is 0 Å². The average molecular weight is 206 g/mol. The number of hydrogen-bond donors (Lipinski definition) is 2. The van der Waals surface area contributed by atoms with Gasteiger partial charge in [0.05, 0.1) is 6.26 Å². The molecule has 0 aliphatic rings. The Morgan fingerprint density at radius 3 is 1.54 bits per heavy atom. The van der Waals surface area contributed by atoms with E-state index >= 15 is 0 Å². The Labute approximate surface area is 78.4 Å². The summed E-state index contributed by atoms with van der Waals surface area (Å²) in [4.78, 5) is 3.78. The Balaban J connectivity index is 0. The second-order valence-electron chi connectivity index (χ2n) is 1.76. The fourth-order valence-corrected chi connectivity index (χ4v) is 0.313. The molecule has 6 heteroatoms. The van der Waals surface area contributed by atoms with Gasteiger partial charge in [-0.1, -0.05) is 6.07 Å². The first-order chi connectivity index (χ1) is 6.00. The Kier molecular flexibility index (Phi) is 10.2. The summed E-state index contributed by atoms with van der Waals surface area (Å²) < 4.78 is 25.9. The number of nitrogens with zero attached hydrogens (tertiary/aromatic N) is 1. The first-order valence-electron chi connectivity index (χ1n) is 3.35. The molecule has 0 spiro atoms. The largest absolute Gasteiger partial charge is 0.333 e. The number of aromatic nitrogens is 1. The number of nitrogens with two attached hydrogens (primary N) is 1. The summed E-state index contributed by atoms with van der Waals surface area (Å²) in [5.74, 6) is 0. The molecule has 76 valence electrons. The molecule has 0 aliphatic carbocycles. The zero-order chi connectivity index (χ0) is 10.7. The van der Waals surface area contributed by atoms with E-state index in [1.165, 1.54) is 7.05 Å². The molecule has 3 N–H and O–H groups in total. The minimum atomic E-state index is -3.67. The van der Waals surface area contributed by atoms with E-state index in [1.54, 1.807) is 12.4 Å². The van der Waals surface area contributed by atoms with Gasteiger partial charge >= 0.3 is 0 Å². The third-order valence-electron chi connectivity index (χ3n) is 0.566. The molecule has 0 aromatic carbocycles. The summed E-state index contributed by atoms with van der Waals surface area (Å²) in [6, 6.07) is 5.72.